The lowest BCUT2D eigenvalue weighted by atomic mass is 9.91. The molecular weight excluding hydrogens is 344 g/mol. The van der Waals surface area contributed by atoms with Crippen molar-refractivity contribution in [2.45, 2.75) is 32.2 Å². The summed E-state index contributed by atoms with van der Waals surface area (Å²) in [4.78, 5) is 39.9. The van der Waals surface area contributed by atoms with Gasteiger partial charge in [0, 0.05) is 18.7 Å². The van der Waals surface area contributed by atoms with Crippen molar-refractivity contribution in [1.29, 1.82) is 0 Å². The van der Waals surface area contributed by atoms with E-state index in [4.69, 9.17) is 0 Å². The zero-order valence-corrected chi connectivity index (χ0v) is 14.7. The van der Waals surface area contributed by atoms with Gasteiger partial charge in [0.2, 0.25) is 5.91 Å². The first-order chi connectivity index (χ1) is 12.2. The highest BCUT2D eigenvalue weighted by Gasteiger charge is 2.51. The maximum Gasteiger partial charge on any atom is 0.325 e. The predicted octanol–water partition coefficient (Wildman–Crippen LogP) is 1.99. The van der Waals surface area contributed by atoms with Gasteiger partial charge in [0.25, 0.3) is 5.91 Å². The number of imide groups is 1. The molecule has 0 spiro atoms. The molecule has 2 aliphatic rings. The fourth-order valence-corrected chi connectivity index (χ4v) is 3.55. The molecule has 0 bridgehead atoms. The summed E-state index contributed by atoms with van der Waals surface area (Å²) < 4.78 is 27.6. The number of hydrogen-bond acceptors (Lipinski definition) is 3. The molecule has 1 N–H and O–H groups in total. The van der Waals surface area contributed by atoms with E-state index in [9.17, 15) is 23.2 Å². The molecule has 2 aliphatic heterocycles. The third kappa shape index (κ3) is 3.15. The van der Waals surface area contributed by atoms with Crippen molar-refractivity contribution in [3.8, 4) is 0 Å². The Bertz CT molecular complexity index is 770. The van der Waals surface area contributed by atoms with Crippen molar-refractivity contribution in [3.63, 3.8) is 0 Å². The molecule has 2 unspecified atom stereocenters. The van der Waals surface area contributed by atoms with E-state index < -0.39 is 35.7 Å². The minimum absolute atomic E-state index is 0.266. The third-order valence-electron chi connectivity index (χ3n) is 5.05. The Morgan fingerprint density at radius 3 is 2.77 bits per heavy atom. The smallest absolute Gasteiger partial charge is 0.325 e. The summed E-state index contributed by atoms with van der Waals surface area (Å²) in [6.45, 7) is 4.10. The standard InChI is InChI=1S/C18H21F2N3O3/c1-11-4-3-7-22(9-11)15(24)10-23-16(25)18(2,21-17(23)26)13-8-12(19)5-6-14(13)20/h5-6,8,11H,3-4,7,9-10H2,1-2H3,(H,21,26). The molecule has 26 heavy (non-hydrogen) atoms. The minimum Gasteiger partial charge on any atom is -0.341 e. The van der Waals surface area contributed by atoms with E-state index in [-0.39, 0.29) is 11.5 Å². The number of halogens is 2. The van der Waals surface area contributed by atoms with Crippen molar-refractivity contribution < 1.29 is 23.2 Å². The normalized spacial score (nSPS) is 26.2. The van der Waals surface area contributed by atoms with Crippen LogP contribution < -0.4 is 5.32 Å². The van der Waals surface area contributed by atoms with Gasteiger partial charge < -0.3 is 10.2 Å². The van der Waals surface area contributed by atoms with Crippen molar-refractivity contribution in [3.05, 3.63) is 35.4 Å². The van der Waals surface area contributed by atoms with E-state index in [2.05, 4.69) is 5.32 Å². The van der Waals surface area contributed by atoms with Gasteiger partial charge in [-0.1, -0.05) is 6.92 Å². The quantitative estimate of drug-likeness (QED) is 0.833. The van der Waals surface area contributed by atoms with Crippen molar-refractivity contribution in [2.24, 2.45) is 5.92 Å². The number of urea groups is 1. The zero-order chi connectivity index (χ0) is 19.1. The number of carbonyl (C=O) groups is 3. The maximum absolute atomic E-state index is 14.1. The second kappa shape index (κ2) is 6.66. The first kappa shape index (κ1) is 18.3. The topological polar surface area (TPSA) is 69.7 Å². The molecule has 0 radical (unpaired) electrons. The maximum atomic E-state index is 14.1. The summed E-state index contributed by atoms with van der Waals surface area (Å²) in [6, 6.07) is 1.92. The summed E-state index contributed by atoms with van der Waals surface area (Å²) in [5, 5.41) is 2.39. The third-order valence-corrected chi connectivity index (χ3v) is 5.05. The Labute approximate surface area is 150 Å². The van der Waals surface area contributed by atoms with Gasteiger partial charge in [-0.2, -0.15) is 0 Å². The van der Waals surface area contributed by atoms with Crippen LogP contribution in [-0.2, 0) is 15.1 Å². The molecule has 0 aliphatic carbocycles. The fraction of sp³-hybridized carbons (Fsp3) is 0.500. The van der Waals surface area contributed by atoms with Crippen molar-refractivity contribution in [1.82, 2.24) is 15.1 Å². The molecule has 3 rings (SSSR count). The lowest BCUT2D eigenvalue weighted by Crippen LogP contribution is -2.47. The monoisotopic (exact) mass is 365 g/mol. The largest absolute Gasteiger partial charge is 0.341 e. The number of benzene rings is 1. The van der Waals surface area contributed by atoms with E-state index in [0.29, 0.717) is 19.0 Å². The first-order valence-electron chi connectivity index (χ1n) is 8.60. The number of carbonyl (C=O) groups excluding carboxylic acids is 3. The van der Waals surface area contributed by atoms with E-state index in [1.807, 2.05) is 6.92 Å². The van der Waals surface area contributed by atoms with E-state index in [1.165, 1.54) is 6.92 Å². The molecule has 8 heteroatoms. The van der Waals surface area contributed by atoms with Crippen LogP contribution in [0.15, 0.2) is 18.2 Å². The molecule has 2 saturated heterocycles. The van der Waals surface area contributed by atoms with Gasteiger partial charge in [-0.3, -0.25) is 14.5 Å². The average molecular weight is 365 g/mol. The van der Waals surface area contributed by atoms with Gasteiger partial charge in [0.15, 0.2) is 0 Å². The van der Waals surface area contributed by atoms with Crippen LogP contribution >= 0.6 is 0 Å². The number of nitrogens with one attached hydrogen (secondary N) is 1. The van der Waals surface area contributed by atoms with Gasteiger partial charge in [-0.05, 0) is 43.9 Å². The summed E-state index contributed by atoms with van der Waals surface area (Å²) >= 11 is 0. The van der Waals surface area contributed by atoms with Crippen LogP contribution in [-0.4, -0.2) is 47.3 Å². The van der Waals surface area contributed by atoms with Crippen molar-refractivity contribution >= 4 is 17.8 Å². The average Bonchev–Trinajstić information content (AvgIpc) is 2.81. The van der Waals surface area contributed by atoms with Gasteiger partial charge in [-0.15, -0.1) is 0 Å². The molecule has 2 fully saturated rings. The van der Waals surface area contributed by atoms with Crippen molar-refractivity contribution in [2.75, 3.05) is 19.6 Å². The number of hydrogen-bond donors (Lipinski definition) is 1. The summed E-state index contributed by atoms with van der Waals surface area (Å²) in [5.74, 6) is -2.26. The molecule has 4 amide bonds. The SMILES string of the molecule is CC1CCCN(C(=O)CN2C(=O)NC(C)(c3cc(F)ccc3F)C2=O)C1. The number of likely N-dealkylation sites (tertiary alicyclic amines) is 1. The van der Waals surface area contributed by atoms with Crippen LogP contribution in [0, 0.1) is 17.6 Å². The van der Waals surface area contributed by atoms with Crippen LogP contribution in [0.2, 0.25) is 0 Å². The highest BCUT2D eigenvalue weighted by molar-refractivity contribution is 6.09. The Kier molecular flexibility index (Phi) is 4.68. The van der Waals surface area contributed by atoms with Crippen LogP contribution in [0.1, 0.15) is 32.3 Å². The molecule has 1 aromatic carbocycles. The Balaban J connectivity index is 1.80. The van der Waals surface area contributed by atoms with E-state index in [0.717, 1.165) is 35.9 Å². The lowest BCUT2D eigenvalue weighted by Gasteiger charge is -2.31. The molecule has 1 aromatic rings. The van der Waals surface area contributed by atoms with E-state index >= 15 is 0 Å². The highest BCUT2D eigenvalue weighted by atomic mass is 19.1. The Morgan fingerprint density at radius 1 is 1.35 bits per heavy atom. The van der Waals surface area contributed by atoms with Gasteiger partial charge in [0.1, 0.15) is 23.7 Å². The summed E-state index contributed by atoms with van der Waals surface area (Å²) in [7, 11) is 0. The van der Waals surface area contributed by atoms with Crippen LogP contribution in [0.4, 0.5) is 13.6 Å². The number of nitrogens with zero attached hydrogens (tertiary/aromatic N) is 2. The minimum atomic E-state index is -1.75. The fourth-order valence-electron chi connectivity index (χ4n) is 3.55. The second-order valence-electron chi connectivity index (χ2n) is 7.16. The molecule has 2 atom stereocenters. The molecule has 140 valence electrons. The Hall–Kier alpha value is -2.51. The number of piperidine rings is 1. The number of amides is 4. The number of rotatable bonds is 3. The highest BCUT2D eigenvalue weighted by Crippen LogP contribution is 2.31. The summed E-state index contributed by atoms with van der Waals surface area (Å²) in [5.41, 5.74) is -2.02. The van der Waals surface area contributed by atoms with Gasteiger partial charge in [-0.25, -0.2) is 13.6 Å². The van der Waals surface area contributed by atoms with Crippen LogP contribution in [0.5, 0.6) is 0 Å². The Morgan fingerprint density at radius 2 is 2.08 bits per heavy atom. The lowest BCUT2D eigenvalue weighted by molar-refractivity contribution is -0.139. The predicted molar refractivity (Wildman–Crippen MR) is 88.9 cm³/mol. The van der Waals surface area contributed by atoms with Crippen LogP contribution in [0.25, 0.3) is 0 Å². The zero-order valence-electron chi connectivity index (χ0n) is 14.7. The molecular formula is C18H21F2N3O3. The summed E-state index contributed by atoms with van der Waals surface area (Å²) in [6.07, 6.45) is 1.91. The second-order valence-corrected chi connectivity index (χ2v) is 7.16. The van der Waals surface area contributed by atoms with Crippen LogP contribution in [0.3, 0.4) is 0 Å². The van der Waals surface area contributed by atoms with Gasteiger partial charge >= 0.3 is 6.03 Å². The van der Waals surface area contributed by atoms with E-state index in [1.54, 1.807) is 4.90 Å². The molecule has 0 saturated carbocycles. The molecule has 6 nitrogen and oxygen atoms in total. The van der Waals surface area contributed by atoms with Gasteiger partial charge in [0.05, 0.1) is 0 Å². The molecule has 0 aromatic heterocycles. The molecule has 2 heterocycles. The first-order valence-corrected chi connectivity index (χ1v) is 8.60.